The van der Waals surface area contributed by atoms with E-state index >= 15 is 0 Å². The van der Waals surface area contributed by atoms with Crippen LogP contribution in [0.4, 0.5) is 11.4 Å². The second-order valence-corrected chi connectivity index (χ2v) is 11.6. The molecule has 0 unspecified atom stereocenters. The summed E-state index contributed by atoms with van der Waals surface area (Å²) in [4.78, 5) is 49.2. The van der Waals surface area contributed by atoms with Gasteiger partial charge in [0.25, 0.3) is 0 Å². The Labute approximate surface area is 290 Å². The van der Waals surface area contributed by atoms with Gasteiger partial charge in [-0.15, -0.1) is 0 Å². The predicted octanol–water partition coefficient (Wildman–Crippen LogP) is 4.60. The lowest BCUT2D eigenvalue weighted by atomic mass is 10.00. The van der Waals surface area contributed by atoms with E-state index in [2.05, 4.69) is 21.8 Å². The van der Waals surface area contributed by atoms with Crippen molar-refractivity contribution < 1.29 is 34.8 Å². The van der Waals surface area contributed by atoms with Crippen molar-refractivity contribution in [3.8, 4) is 5.88 Å². The van der Waals surface area contributed by atoms with Crippen LogP contribution in [0.5, 0.6) is 5.88 Å². The van der Waals surface area contributed by atoms with Crippen molar-refractivity contribution in [2.45, 2.75) is 0 Å². The number of benzene rings is 4. The topological polar surface area (TPSA) is 170 Å². The number of H-pyrrole nitrogens is 1. The summed E-state index contributed by atoms with van der Waals surface area (Å²) in [5.41, 5.74) is 4.67. The normalized spacial score (nSPS) is 13.5. The second kappa shape index (κ2) is 17.0. The molecule has 1 aliphatic heterocycles. The van der Waals surface area contributed by atoms with Crippen molar-refractivity contribution in [1.82, 2.24) is 14.8 Å². The minimum Gasteiger partial charge on any atom is -0.494 e. The highest BCUT2D eigenvalue weighted by Gasteiger charge is 2.21. The molecule has 0 aliphatic carbocycles. The Morgan fingerprint density at radius 3 is 2.00 bits per heavy atom. The molecular formula is C38H41N5O7. The van der Waals surface area contributed by atoms with Gasteiger partial charge in [-0.25, -0.2) is 14.6 Å². The number of aromatic amines is 1. The van der Waals surface area contributed by atoms with Crippen molar-refractivity contribution in [1.29, 1.82) is 0 Å². The van der Waals surface area contributed by atoms with E-state index in [-0.39, 0.29) is 17.3 Å². The maximum atomic E-state index is 12.9. The fourth-order valence-electron chi connectivity index (χ4n) is 5.44. The summed E-state index contributed by atoms with van der Waals surface area (Å²) in [5, 5.41) is 20.1. The Morgan fingerprint density at radius 2 is 1.44 bits per heavy atom. The van der Waals surface area contributed by atoms with Crippen LogP contribution in [0.25, 0.3) is 10.9 Å². The quantitative estimate of drug-likeness (QED) is 0.158. The highest BCUT2D eigenvalue weighted by Crippen LogP contribution is 2.32. The lowest BCUT2D eigenvalue weighted by molar-refractivity contribution is -0.119. The first kappa shape index (κ1) is 37.0. The molecule has 260 valence electrons. The van der Waals surface area contributed by atoms with Gasteiger partial charge in [0.2, 0.25) is 5.91 Å². The van der Waals surface area contributed by atoms with Crippen molar-refractivity contribution in [3.05, 3.63) is 125 Å². The van der Waals surface area contributed by atoms with Crippen LogP contribution in [0, 0.1) is 0 Å². The Balaban J connectivity index is 0.000000490. The van der Waals surface area contributed by atoms with Gasteiger partial charge < -0.3 is 35.2 Å². The fraction of sp³-hybridized carbons (Fsp3) is 0.211. The van der Waals surface area contributed by atoms with Crippen molar-refractivity contribution in [2.24, 2.45) is 4.99 Å². The number of aromatic nitrogens is 1. The van der Waals surface area contributed by atoms with E-state index in [4.69, 9.17) is 14.8 Å². The fourth-order valence-corrected chi connectivity index (χ4v) is 5.44. The number of aromatic hydroxyl groups is 1. The summed E-state index contributed by atoms with van der Waals surface area (Å²) in [5.74, 6) is -1.34. The number of nitrogens with zero attached hydrogens (tertiary/aromatic N) is 4. The van der Waals surface area contributed by atoms with Crippen LogP contribution in [-0.2, 0) is 9.53 Å². The molecule has 12 heteroatoms. The second-order valence-electron chi connectivity index (χ2n) is 11.6. The molecule has 1 amide bonds. The molecule has 12 nitrogen and oxygen atoms in total. The molecular weight excluding hydrogens is 638 g/mol. The number of amides is 1. The van der Waals surface area contributed by atoms with Gasteiger partial charge in [-0.05, 0) is 55.6 Å². The van der Waals surface area contributed by atoms with Gasteiger partial charge in [0.15, 0.2) is 5.88 Å². The van der Waals surface area contributed by atoms with Crippen molar-refractivity contribution in [2.75, 3.05) is 58.8 Å². The predicted molar refractivity (Wildman–Crippen MR) is 194 cm³/mol. The molecule has 0 spiro atoms. The Kier molecular flexibility index (Phi) is 12.6. The molecule has 50 heavy (non-hydrogen) atoms. The molecule has 1 saturated heterocycles. The molecule has 1 aliphatic rings. The molecule has 6 rings (SSSR count). The van der Waals surface area contributed by atoms with E-state index in [0.717, 1.165) is 42.8 Å². The summed E-state index contributed by atoms with van der Waals surface area (Å²) in [6.07, 6.45) is 0. The third-order valence-electron chi connectivity index (χ3n) is 8.31. The van der Waals surface area contributed by atoms with Gasteiger partial charge in [-0.3, -0.25) is 9.69 Å². The number of carbonyl (C=O) groups is 3. The number of piperazine rings is 1. The maximum Gasteiger partial charge on any atom is 0.337 e. The number of rotatable bonds is 8. The molecule has 2 heterocycles. The van der Waals surface area contributed by atoms with Gasteiger partial charge in [0, 0.05) is 55.4 Å². The highest BCUT2D eigenvalue weighted by molar-refractivity contribution is 6.22. The molecule has 0 saturated carbocycles. The summed E-state index contributed by atoms with van der Waals surface area (Å²) in [6.45, 7) is 4.09. The maximum absolute atomic E-state index is 12.9. The summed E-state index contributed by atoms with van der Waals surface area (Å²) < 4.78 is 4.83. The van der Waals surface area contributed by atoms with Crippen LogP contribution in [0.3, 0.4) is 0 Å². The number of fused-ring (bicyclic) bond motifs is 1. The van der Waals surface area contributed by atoms with Gasteiger partial charge >= 0.3 is 11.9 Å². The van der Waals surface area contributed by atoms with Crippen LogP contribution < -0.4 is 4.90 Å². The number of carbonyl (C=O) groups excluding carboxylic acids is 2. The first-order valence-corrected chi connectivity index (χ1v) is 15.8. The molecule has 4 aromatic carbocycles. The Morgan fingerprint density at radius 1 is 0.840 bits per heavy atom. The number of methoxy groups -OCH3 is 1. The van der Waals surface area contributed by atoms with Crippen LogP contribution in [0.15, 0.2) is 108 Å². The van der Waals surface area contributed by atoms with Crippen LogP contribution in [0.1, 0.15) is 31.8 Å². The monoisotopic (exact) mass is 679 g/mol. The van der Waals surface area contributed by atoms with Crippen LogP contribution in [-0.4, -0.2) is 108 Å². The van der Waals surface area contributed by atoms with Gasteiger partial charge in [0.05, 0.1) is 41.7 Å². The van der Waals surface area contributed by atoms with Crippen LogP contribution in [0.2, 0.25) is 0 Å². The zero-order valence-electron chi connectivity index (χ0n) is 28.2. The third kappa shape index (κ3) is 8.99. The number of carboxylic acids is 1. The van der Waals surface area contributed by atoms with Crippen molar-refractivity contribution in [3.63, 3.8) is 0 Å². The molecule has 0 radical (unpaired) electrons. The molecule has 1 fully saturated rings. The molecule has 5 N–H and O–H groups in total. The highest BCUT2D eigenvalue weighted by atomic mass is 16.5. The van der Waals surface area contributed by atoms with E-state index in [1.54, 1.807) is 60.5 Å². The first-order valence-electron chi connectivity index (χ1n) is 15.8. The van der Waals surface area contributed by atoms with Gasteiger partial charge in [0.1, 0.15) is 0 Å². The average Bonchev–Trinajstić information content (AvgIpc) is 3.46. The minimum absolute atomic E-state index is 0. The third-order valence-corrected chi connectivity index (χ3v) is 8.31. The van der Waals surface area contributed by atoms with E-state index in [9.17, 15) is 19.5 Å². The van der Waals surface area contributed by atoms with Gasteiger partial charge in [-0.1, -0.05) is 54.6 Å². The number of esters is 1. The Hall–Kier alpha value is -5.82. The van der Waals surface area contributed by atoms with Crippen molar-refractivity contribution >= 4 is 45.8 Å². The Bertz CT molecular complexity index is 1940. The summed E-state index contributed by atoms with van der Waals surface area (Å²) >= 11 is 0. The SMILES string of the molecule is COC(=O)c1ccc2c(C(=Nc3ccc(N(C)C(=O)CN4CCN(C)CC4)cc3)c3ccccc3)c(O)[nH]c2c1.O.O=C(O)c1ccccc1. The zero-order valence-corrected chi connectivity index (χ0v) is 28.2. The van der Waals surface area contributed by atoms with Gasteiger partial charge in [-0.2, -0.15) is 0 Å². The summed E-state index contributed by atoms with van der Waals surface area (Å²) in [6, 6.07) is 30.5. The lowest BCUT2D eigenvalue weighted by Gasteiger charge is -2.32. The number of likely N-dealkylation sites (N-methyl/N-ethyl adjacent to an activating group) is 2. The number of aliphatic imine (C=N–C) groups is 1. The van der Waals surface area contributed by atoms with E-state index < -0.39 is 11.9 Å². The average molecular weight is 680 g/mol. The number of ether oxygens (including phenoxy) is 1. The number of carboxylic acid groups (broad SMARTS) is 1. The minimum atomic E-state index is -0.879. The number of hydrogen-bond acceptors (Lipinski definition) is 8. The first-order chi connectivity index (χ1) is 23.6. The molecule has 0 bridgehead atoms. The number of hydrogen-bond donors (Lipinski definition) is 3. The number of aromatic carboxylic acids is 1. The molecule has 0 atom stereocenters. The smallest absolute Gasteiger partial charge is 0.337 e. The van der Waals surface area contributed by atoms with E-state index in [1.807, 2.05) is 54.6 Å². The molecule has 1 aromatic heterocycles. The lowest BCUT2D eigenvalue weighted by Crippen LogP contribution is -2.48. The van der Waals surface area contributed by atoms with Crippen LogP contribution >= 0.6 is 0 Å². The summed E-state index contributed by atoms with van der Waals surface area (Å²) in [7, 11) is 5.22. The van der Waals surface area contributed by atoms with E-state index in [0.29, 0.717) is 40.2 Å². The van der Waals surface area contributed by atoms with E-state index in [1.165, 1.54) is 7.11 Å². The number of nitrogens with one attached hydrogen (secondary N) is 1. The number of anilines is 1. The molecule has 5 aromatic rings. The standard InChI is InChI=1S/C31H33N5O4.C7H6O2.H2O/c1-34-15-17-36(18-16-34)20-27(37)35(2)24-12-10-23(11-13-24)32-29(21-7-5-4-6-8-21)28-25-14-9-22(31(39)40-3)19-26(25)33-30(28)38;8-7(9)6-4-2-1-3-5-6;/h4-14,19,33,38H,15-18,20H2,1-3H3;1-5H,(H,8,9);1H2. The zero-order chi connectivity index (χ0) is 34.9. The largest absolute Gasteiger partial charge is 0.494 e.